The van der Waals surface area contributed by atoms with Gasteiger partial charge in [-0.05, 0) is 0 Å². The predicted molar refractivity (Wildman–Crippen MR) is 33.0 cm³/mol. The monoisotopic (exact) mass is 128 g/mol. The average molecular weight is 128 g/mol. The lowest BCUT2D eigenvalue weighted by atomic mass is 10.7. The lowest BCUT2D eigenvalue weighted by Crippen LogP contribution is -2.17. The highest BCUT2D eigenvalue weighted by molar-refractivity contribution is 5.90. The van der Waals surface area contributed by atoms with Crippen molar-refractivity contribution >= 4 is 18.2 Å². The Morgan fingerprint density at radius 2 is 2.00 bits per heavy atom. The lowest BCUT2D eigenvalue weighted by molar-refractivity contribution is -0.117. The van der Waals surface area contributed by atoms with Crippen molar-refractivity contribution in [3.63, 3.8) is 0 Å². The van der Waals surface area contributed by atoms with Gasteiger partial charge in [-0.2, -0.15) is 0 Å². The lowest BCUT2D eigenvalue weighted by Gasteiger charge is -1.86. The molecule has 0 aliphatic carbocycles. The number of amides is 2. The van der Waals surface area contributed by atoms with E-state index in [1.807, 2.05) is 0 Å². The molecule has 0 bridgehead atoms. The molecule has 0 aliphatic rings. The molecule has 1 N–H and O–H groups in total. The minimum atomic E-state index is -0.330. The summed E-state index contributed by atoms with van der Waals surface area (Å²) in [5, 5.41) is 2.23. The summed E-state index contributed by atoms with van der Waals surface area (Å²) in [6.45, 7) is 2.64. The van der Waals surface area contributed by atoms with E-state index in [1.165, 1.54) is 13.8 Å². The molecular formula is C5H8N2O2. The highest BCUT2D eigenvalue weighted by Gasteiger charge is 1.83. The van der Waals surface area contributed by atoms with Gasteiger partial charge in [0.05, 0.1) is 6.34 Å². The standard InChI is InChI=1S/C5H8N2O2/c1-4(8)6-3-7-5(2)9/h3H,1-2H3,(H,6,7,8,9). The van der Waals surface area contributed by atoms with Gasteiger partial charge in [0.15, 0.2) is 0 Å². The van der Waals surface area contributed by atoms with Crippen LogP contribution in [0.5, 0.6) is 0 Å². The van der Waals surface area contributed by atoms with Crippen LogP contribution in [0.3, 0.4) is 0 Å². The third-order valence-corrected chi connectivity index (χ3v) is 0.514. The highest BCUT2D eigenvalue weighted by Crippen LogP contribution is 1.65. The molecule has 0 saturated heterocycles. The maximum Gasteiger partial charge on any atom is 0.243 e. The van der Waals surface area contributed by atoms with E-state index in [9.17, 15) is 9.59 Å². The van der Waals surface area contributed by atoms with Crippen molar-refractivity contribution in [3.05, 3.63) is 0 Å². The molecular weight excluding hydrogens is 120 g/mol. The molecule has 0 atom stereocenters. The van der Waals surface area contributed by atoms with Crippen LogP contribution in [0.4, 0.5) is 0 Å². The zero-order chi connectivity index (χ0) is 7.28. The molecule has 0 aromatic carbocycles. The molecule has 9 heavy (non-hydrogen) atoms. The summed E-state index contributed by atoms with van der Waals surface area (Å²) < 4.78 is 0. The van der Waals surface area contributed by atoms with E-state index in [2.05, 4.69) is 10.3 Å². The van der Waals surface area contributed by atoms with Gasteiger partial charge in [0.2, 0.25) is 11.8 Å². The normalized spacial score (nSPS) is 9.56. The zero-order valence-corrected chi connectivity index (χ0v) is 5.34. The summed E-state index contributed by atoms with van der Waals surface area (Å²) in [4.78, 5) is 23.5. The smallest absolute Gasteiger partial charge is 0.243 e. The molecule has 4 nitrogen and oxygen atoms in total. The molecule has 0 aliphatic heterocycles. The Kier molecular flexibility index (Phi) is 3.27. The quantitative estimate of drug-likeness (QED) is 0.389. The Labute approximate surface area is 53.0 Å². The van der Waals surface area contributed by atoms with Crippen LogP contribution in [0.1, 0.15) is 13.8 Å². The van der Waals surface area contributed by atoms with Crippen LogP contribution in [0.25, 0.3) is 0 Å². The Morgan fingerprint density at radius 1 is 1.44 bits per heavy atom. The average Bonchev–Trinajstić information content (AvgIpc) is 1.63. The highest BCUT2D eigenvalue weighted by atomic mass is 16.2. The first-order valence-corrected chi connectivity index (χ1v) is 2.43. The molecule has 0 heterocycles. The van der Waals surface area contributed by atoms with E-state index in [0.29, 0.717) is 0 Å². The maximum atomic E-state index is 10.1. The van der Waals surface area contributed by atoms with Gasteiger partial charge in [0.25, 0.3) is 0 Å². The fraction of sp³-hybridized carbons (Fsp3) is 0.400. The van der Waals surface area contributed by atoms with Crippen molar-refractivity contribution in [2.45, 2.75) is 13.8 Å². The second-order valence-electron chi connectivity index (χ2n) is 1.48. The topological polar surface area (TPSA) is 58.5 Å². The first kappa shape index (κ1) is 7.81. The van der Waals surface area contributed by atoms with Crippen LogP contribution in [0, 0.1) is 0 Å². The van der Waals surface area contributed by atoms with E-state index >= 15 is 0 Å². The summed E-state index contributed by atoms with van der Waals surface area (Å²) >= 11 is 0. The van der Waals surface area contributed by atoms with Gasteiger partial charge < -0.3 is 5.32 Å². The van der Waals surface area contributed by atoms with Crippen LogP contribution >= 0.6 is 0 Å². The van der Waals surface area contributed by atoms with Gasteiger partial charge in [-0.1, -0.05) is 0 Å². The Balaban J connectivity index is 3.48. The van der Waals surface area contributed by atoms with Crippen molar-refractivity contribution in [2.24, 2.45) is 4.99 Å². The molecule has 4 heteroatoms. The second kappa shape index (κ2) is 3.77. The zero-order valence-electron chi connectivity index (χ0n) is 5.34. The number of rotatable bonds is 1. The van der Waals surface area contributed by atoms with Crippen LogP contribution in [-0.2, 0) is 9.59 Å². The summed E-state index contributed by atoms with van der Waals surface area (Å²) in [5.74, 6) is -0.566. The summed E-state index contributed by atoms with van der Waals surface area (Å²) in [6.07, 6.45) is 1.07. The van der Waals surface area contributed by atoms with E-state index in [4.69, 9.17) is 0 Å². The minimum Gasteiger partial charge on any atom is -0.317 e. The van der Waals surface area contributed by atoms with Crippen LogP contribution in [-0.4, -0.2) is 18.2 Å². The molecule has 0 aromatic heterocycles. The van der Waals surface area contributed by atoms with Gasteiger partial charge >= 0.3 is 0 Å². The van der Waals surface area contributed by atoms with Crippen LogP contribution in [0.15, 0.2) is 4.99 Å². The number of hydrogen-bond donors (Lipinski definition) is 1. The van der Waals surface area contributed by atoms with E-state index in [0.717, 1.165) is 6.34 Å². The summed E-state index contributed by atoms with van der Waals surface area (Å²) in [6, 6.07) is 0. The van der Waals surface area contributed by atoms with E-state index < -0.39 is 0 Å². The van der Waals surface area contributed by atoms with Gasteiger partial charge in [-0.3, -0.25) is 9.59 Å². The third kappa shape index (κ3) is 6.81. The molecule has 0 aromatic rings. The largest absolute Gasteiger partial charge is 0.317 e. The summed E-state index contributed by atoms with van der Waals surface area (Å²) in [7, 11) is 0. The van der Waals surface area contributed by atoms with Crippen molar-refractivity contribution in [1.29, 1.82) is 0 Å². The summed E-state index contributed by atoms with van der Waals surface area (Å²) in [5.41, 5.74) is 0. The molecule has 0 radical (unpaired) electrons. The SMILES string of the molecule is CC(=O)N=CNC(C)=O. The van der Waals surface area contributed by atoms with Crippen LogP contribution < -0.4 is 5.32 Å². The predicted octanol–water partition coefficient (Wildman–Crippen LogP) is -0.303. The van der Waals surface area contributed by atoms with Gasteiger partial charge in [0.1, 0.15) is 0 Å². The number of carbonyl (C=O) groups excluding carboxylic acids is 2. The number of aliphatic imine (C=N–C) groups is 1. The molecule has 0 saturated carbocycles. The van der Waals surface area contributed by atoms with Crippen molar-refractivity contribution in [2.75, 3.05) is 0 Å². The van der Waals surface area contributed by atoms with E-state index in [1.54, 1.807) is 0 Å². The van der Waals surface area contributed by atoms with Crippen molar-refractivity contribution < 1.29 is 9.59 Å². The maximum absolute atomic E-state index is 10.1. The number of hydrogen-bond acceptors (Lipinski definition) is 2. The Morgan fingerprint density at radius 3 is 2.33 bits per heavy atom. The first-order chi connectivity index (χ1) is 4.13. The van der Waals surface area contributed by atoms with Gasteiger partial charge in [-0.25, -0.2) is 4.99 Å². The van der Waals surface area contributed by atoms with Gasteiger partial charge in [-0.15, -0.1) is 0 Å². The second-order valence-corrected chi connectivity index (χ2v) is 1.48. The van der Waals surface area contributed by atoms with Crippen LogP contribution in [0.2, 0.25) is 0 Å². The minimum absolute atomic E-state index is 0.236. The number of carbonyl (C=O) groups is 2. The number of nitrogens with zero attached hydrogens (tertiary/aromatic N) is 1. The molecule has 50 valence electrons. The van der Waals surface area contributed by atoms with Crippen molar-refractivity contribution in [1.82, 2.24) is 5.32 Å². The Bertz CT molecular complexity index is 151. The van der Waals surface area contributed by atoms with Gasteiger partial charge in [0, 0.05) is 13.8 Å². The molecule has 0 rings (SSSR count). The fourth-order valence-corrected chi connectivity index (χ4v) is 0.214. The third-order valence-electron chi connectivity index (χ3n) is 0.514. The number of nitrogens with one attached hydrogen (secondary N) is 1. The molecule has 2 amide bonds. The fourth-order valence-electron chi connectivity index (χ4n) is 0.214. The van der Waals surface area contributed by atoms with E-state index in [-0.39, 0.29) is 11.8 Å². The van der Waals surface area contributed by atoms with Crippen molar-refractivity contribution in [3.8, 4) is 0 Å². The molecule has 0 fully saturated rings. The molecule has 0 unspecified atom stereocenters. The Hall–Kier alpha value is -1.19. The molecule has 0 spiro atoms. The first-order valence-electron chi connectivity index (χ1n) is 2.43.